The third kappa shape index (κ3) is 4.50. The molecule has 0 N–H and O–H groups in total. The van der Waals surface area contributed by atoms with E-state index in [9.17, 15) is 9.59 Å². The van der Waals surface area contributed by atoms with E-state index in [4.69, 9.17) is 5.26 Å². The highest BCUT2D eigenvalue weighted by Gasteiger charge is 2.42. The molecular formula is C22H29N3O2. The molecule has 1 aromatic carbocycles. The first-order valence-corrected chi connectivity index (χ1v) is 10.00. The van der Waals surface area contributed by atoms with Gasteiger partial charge in [0.2, 0.25) is 5.91 Å². The van der Waals surface area contributed by atoms with Gasteiger partial charge in [0.15, 0.2) is 0 Å². The predicted octanol–water partition coefficient (Wildman–Crippen LogP) is 3.45. The van der Waals surface area contributed by atoms with Gasteiger partial charge in [0, 0.05) is 43.6 Å². The predicted molar refractivity (Wildman–Crippen MR) is 104 cm³/mol. The first kappa shape index (κ1) is 19.4. The minimum Gasteiger partial charge on any atom is -0.342 e. The van der Waals surface area contributed by atoms with E-state index in [2.05, 4.69) is 19.9 Å². The van der Waals surface area contributed by atoms with E-state index in [0.29, 0.717) is 30.0 Å². The fourth-order valence-electron chi connectivity index (χ4n) is 4.34. The maximum atomic E-state index is 13.0. The number of amides is 2. The van der Waals surface area contributed by atoms with Crippen LogP contribution in [0.15, 0.2) is 24.3 Å². The Hall–Kier alpha value is -2.35. The van der Waals surface area contributed by atoms with Gasteiger partial charge in [-0.25, -0.2) is 0 Å². The summed E-state index contributed by atoms with van der Waals surface area (Å²) >= 11 is 0. The van der Waals surface area contributed by atoms with Gasteiger partial charge in [0.1, 0.15) is 0 Å². The van der Waals surface area contributed by atoms with Crippen molar-refractivity contribution in [3.05, 3.63) is 35.4 Å². The van der Waals surface area contributed by atoms with Crippen molar-refractivity contribution in [3.63, 3.8) is 0 Å². The highest BCUT2D eigenvalue weighted by atomic mass is 16.2. The van der Waals surface area contributed by atoms with Gasteiger partial charge in [-0.05, 0) is 49.8 Å². The van der Waals surface area contributed by atoms with Gasteiger partial charge in [0.25, 0.3) is 5.91 Å². The monoisotopic (exact) mass is 367 g/mol. The van der Waals surface area contributed by atoms with Crippen molar-refractivity contribution in [2.24, 2.45) is 11.3 Å². The average molecular weight is 367 g/mol. The molecule has 1 unspecified atom stereocenters. The molecule has 0 radical (unpaired) electrons. The fraction of sp³-hybridized carbons (Fsp3) is 0.591. The Balaban J connectivity index is 1.71. The Morgan fingerprint density at radius 3 is 2.85 bits per heavy atom. The topological polar surface area (TPSA) is 64.4 Å². The molecule has 1 spiro atoms. The van der Waals surface area contributed by atoms with Crippen LogP contribution in [0.2, 0.25) is 0 Å². The number of benzene rings is 1. The summed E-state index contributed by atoms with van der Waals surface area (Å²) < 4.78 is 0. The van der Waals surface area contributed by atoms with Gasteiger partial charge in [-0.15, -0.1) is 0 Å². The maximum absolute atomic E-state index is 13.0. The molecule has 2 aliphatic heterocycles. The van der Waals surface area contributed by atoms with Gasteiger partial charge in [-0.1, -0.05) is 19.9 Å². The summed E-state index contributed by atoms with van der Waals surface area (Å²) in [5.74, 6) is 0.829. The molecule has 3 rings (SSSR count). The maximum Gasteiger partial charge on any atom is 0.253 e. The van der Waals surface area contributed by atoms with Crippen LogP contribution in [0.1, 0.15) is 61.9 Å². The zero-order valence-electron chi connectivity index (χ0n) is 16.4. The molecule has 1 atom stereocenters. The number of carbonyl (C=O) groups excluding carboxylic acids is 2. The number of carbonyl (C=O) groups is 2. The number of nitriles is 1. The lowest BCUT2D eigenvalue weighted by Gasteiger charge is -2.48. The molecule has 2 saturated heterocycles. The molecule has 2 aliphatic rings. The van der Waals surface area contributed by atoms with Crippen molar-refractivity contribution >= 4 is 11.8 Å². The SMILES string of the molecule is CC(C)CCN1CC2(CCCN(C(=O)c3cccc(C#N)c3)C2)CCC1=O. The van der Waals surface area contributed by atoms with Crippen LogP contribution in [0, 0.1) is 22.7 Å². The van der Waals surface area contributed by atoms with Crippen LogP contribution in [0.3, 0.4) is 0 Å². The van der Waals surface area contributed by atoms with Crippen LogP contribution >= 0.6 is 0 Å². The van der Waals surface area contributed by atoms with E-state index in [1.807, 2.05) is 9.80 Å². The van der Waals surface area contributed by atoms with Gasteiger partial charge in [-0.3, -0.25) is 9.59 Å². The molecule has 0 saturated carbocycles. The second kappa shape index (κ2) is 8.12. The Kier molecular flexibility index (Phi) is 5.84. The summed E-state index contributed by atoms with van der Waals surface area (Å²) in [6.45, 7) is 7.39. The first-order chi connectivity index (χ1) is 12.9. The minimum atomic E-state index is -0.00296. The van der Waals surface area contributed by atoms with Crippen LogP contribution in [0.25, 0.3) is 0 Å². The molecule has 5 heteroatoms. The average Bonchev–Trinajstić information content (AvgIpc) is 2.68. The van der Waals surface area contributed by atoms with Crippen LogP contribution < -0.4 is 0 Å². The quantitative estimate of drug-likeness (QED) is 0.819. The highest BCUT2D eigenvalue weighted by molar-refractivity contribution is 5.94. The number of rotatable bonds is 4. The second-order valence-electron chi connectivity index (χ2n) is 8.52. The summed E-state index contributed by atoms with van der Waals surface area (Å²) in [5, 5.41) is 9.08. The molecule has 0 bridgehead atoms. The molecule has 5 nitrogen and oxygen atoms in total. The Bertz CT molecular complexity index is 752. The van der Waals surface area contributed by atoms with E-state index in [1.165, 1.54) is 0 Å². The summed E-state index contributed by atoms with van der Waals surface area (Å²) in [6, 6.07) is 9.03. The van der Waals surface area contributed by atoms with E-state index >= 15 is 0 Å². The third-order valence-electron chi connectivity index (χ3n) is 5.91. The largest absolute Gasteiger partial charge is 0.342 e. The Morgan fingerprint density at radius 1 is 1.30 bits per heavy atom. The van der Waals surface area contributed by atoms with Crippen molar-refractivity contribution in [3.8, 4) is 6.07 Å². The standard InChI is InChI=1S/C22H29N3O2/c1-17(2)8-12-24-15-22(10-7-20(24)26)9-4-11-25(16-22)21(27)19-6-3-5-18(13-19)14-23/h3,5-6,13,17H,4,7-12,15-16H2,1-2H3. The van der Waals surface area contributed by atoms with E-state index in [1.54, 1.807) is 24.3 Å². The van der Waals surface area contributed by atoms with Crippen molar-refractivity contribution in [2.45, 2.75) is 46.0 Å². The van der Waals surface area contributed by atoms with Crippen molar-refractivity contribution in [2.75, 3.05) is 26.2 Å². The Labute approximate surface area is 161 Å². The molecule has 2 amide bonds. The molecule has 27 heavy (non-hydrogen) atoms. The van der Waals surface area contributed by atoms with Gasteiger partial charge < -0.3 is 9.80 Å². The number of piperidine rings is 2. The normalized spacial score (nSPS) is 23.0. The zero-order chi connectivity index (χ0) is 19.4. The summed E-state index contributed by atoms with van der Waals surface area (Å²) in [7, 11) is 0. The Morgan fingerprint density at radius 2 is 2.11 bits per heavy atom. The van der Waals surface area contributed by atoms with E-state index < -0.39 is 0 Å². The van der Waals surface area contributed by atoms with Crippen LogP contribution in [-0.2, 0) is 4.79 Å². The number of nitrogens with zero attached hydrogens (tertiary/aromatic N) is 3. The second-order valence-corrected chi connectivity index (χ2v) is 8.52. The van der Waals surface area contributed by atoms with Gasteiger partial charge in [-0.2, -0.15) is 5.26 Å². The lowest BCUT2D eigenvalue weighted by Crippen LogP contribution is -2.55. The summed E-state index contributed by atoms with van der Waals surface area (Å²) in [4.78, 5) is 29.3. The number of hydrogen-bond donors (Lipinski definition) is 0. The number of likely N-dealkylation sites (tertiary alicyclic amines) is 2. The van der Waals surface area contributed by atoms with Crippen molar-refractivity contribution in [1.29, 1.82) is 5.26 Å². The molecule has 1 aromatic rings. The van der Waals surface area contributed by atoms with Crippen LogP contribution in [-0.4, -0.2) is 47.8 Å². The molecule has 0 aromatic heterocycles. The first-order valence-electron chi connectivity index (χ1n) is 10.00. The smallest absolute Gasteiger partial charge is 0.253 e. The lowest BCUT2D eigenvalue weighted by atomic mass is 9.73. The fourth-order valence-corrected chi connectivity index (χ4v) is 4.34. The lowest BCUT2D eigenvalue weighted by molar-refractivity contribution is -0.139. The molecule has 0 aliphatic carbocycles. The molecular weight excluding hydrogens is 338 g/mol. The van der Waals surface area contributed by atoms with Gasteiger partial charge in [0.05, 0.1) is 11.6 Å². The van der Waals surface area contributed by atoms with Crippen molar-refractivity contribution < 1.29 is 9.59 Å². The molecule has 144 valence electrons. The molecule has 2 fully saturated rings. The highest BCUT2D eigenvalue weighted by Crippen LogP contribution is 2.39. The van der Waals surface area contributed by atoms with Crippen LogP contribution in [0.4, 0.5) is 0 Å². The summed E-state index contributed by atoms with van der Waals surface area (Å²) in [5.41, 5.74) is 1.11. The third-order valence-corrected chi connectivity index (χ3v) is 5.91. The van der Waals surface area contributed by atoms with E-state index in [-0.39, 0.29) is 17.2 Å². The summed E-state index contributed by atoms with van der Waals surface area (Å²) in [6.07, 6.45) is 4.51. The number of hydrogen-bond acceptors (Lipinski definition) is 3. The van der Waals surface area contributed by atoms with Crippen molar-refractivity contribution in [1.82, 2.24) is 9.80 Å². The molecule has 2 heterocycles. The zero-order valence-corrected chi connectivity index (χ0v) is 16.4. The minimum absolute atomic E-state index is 0.00296. The van der Waals surface area contributed by atoms with E-state index in [0.717, 1.165) is 45.3 Å². The van der Waals surface area contributed by atoms with Gasteiger partial charge >= 0.3 is 0 Å². The van der Waals surface area contributed by atoms with Crippen LogP contribution in [0.5, 0.6) is 0 Å².